The second-order valence-corrected chi connectivity index (χ2v) is 2.57. The molecule has 3 nitrogen and oxygen atoms in total. The van der Waals surface area contributed by atoms with E-state index >= 15 is 0 Å². The van der Waals surface area contributed by atoms with Gasteiger partial charge in [0.05, 0.1) is 13.2 Å². The van der Waals surface area contributed by atoms with E-state index < -0.39 is 0 Å². The maximum atomic E-state index is 5.29. The Bertz CT molecular complexity index is 229. The molecule has 0 aromatic heterocycles. The molecule has 3 heteroatoms. The highest BCUT2D eigenvalue weighted by atomic mass is 16.5. The molecule has 1 aliphatic heterocycles. The maximum Gasteiger partial charge on any atom is 0.109 e. The largest absolute Gasteiger partial charge is 0.376 e. The van der Waals surface area contributed by atoms with Crippen molar-refractivity contribution in [3.8, 4) is 0 Å². The summed E-state index contributed by atoms with van der Waals surface area (Å²) in [4.78, 5) is 8.05. The van der Waals surface area contributed by atoms with Gasteiger partial charge in [0.2, 0.25) is 0 Å². The Morgan fingerprint density at radius 1 is 1.50 bits per heavy atom. The topological polar surface area (TPSA) is 34.0 Å². The van der Waals surface area contributed by atoms with Crippen molar-refractivity contribution in [2.45, 2.75) is 13.3 Å². The van der Waals surface area contributed by atoms with E-state index in [0.29, 0.717) is 6.61 Å². The Labute approximate surface area is 72.9 Å². The maximum absolute atomic E-state index is 5.29. The molecule has 0 amide bonds. The fourth-order valence-electron chi connectivity index (χ4n) is 1.12. The van der Waals surface area contributed by atoms with E-state index in [1.807, 2.05) is 13.0 Å². The van der Waals surface area contributed by atoms with Crippen molar-refractivity contribution < 1.29 is 4.74 Å². The second-order valence-electron chi connectivity index (χ2n) is 2.57. The lowest BCUT2D eigenvalue weighted by atomic mass is 10.1. The highest BCUT2D eigenvalue weighted by Crippen LogP contribution is 2.09. The van der Waals surface area contributed by atoms with Crippen LogP contribution in [0.4, 0.5) is 0 Å². The van der Waals surface area contributed by atoms with Crippen LogP contribution < -0.4 is 0 Å². The van der Waals surface area contributed by atoms with Gasteiger partial charge in [-0.05, 0) is 12.5 Å². The van der Waals surface area contributed by atoms with Crippen LogP contribution in [0.1, 0.15) is 13.3 Å². The first kappa shape index (κ1) is 9.13. The molecule has 1 saturated heterocycles. The van der Waals surface area contributed by atoms with Gasteiger partial charge in [0.1, 0.15) is 6.34 Å². The molecule has 0 saturated carbocycles. The van der Waals surface area contributed by atoms with E-state index in [-0.39, 0.29) is 0 Å². The van der Waals surface area contributed by atoms with Crippen molar-refractivity contribution >= 4 is 12.1 Å². The molecule has 0 aliphatic carbocycles. The third-order valence-electron chi connectivity index (χ3n) is 1.79. The number of allylic oxidation sites excluding steroid dienone is 1. The molecular weight excluding hydrogens is 152 g/mol. The van der Waals surface area contributed by atoms with Gasteiger partial charge >= 0.3 is 0 Å². The Morgan fingerprint density at radius 3 is 3.00 bits per heavy atom. The third kappa shape index (κ3) is 2.27. The molecule has 1 heterocycles. The summed E-state index contributed by atoms with van der Waals surface area (Å²) in [5.74, 6) is 0. The van der Waals surface area contributed by atoms with Gasteiger partial charge in [-0.1, -0.05) is 6.08 Å². The zero-order chi connectivity index (χ0) is 8.81. The summed E-state index contributed by atoms with van der Waals surface area (Å²) in [7, 11) is 1.72. The summed E-state index contributed by atoms with van der Waals surface area (Å²) < 4.78 is 5.29. The van der Waals surface area contributed by atoms with Gasteiger partial charge in [0.15, 0.2) is 0 Å². The lowest BCUT2D eigenvalue weighted by Gasteiger charge is -2.16. The Hall–Kier alpha value is -0.960. The standard InChI is InChI=1S/C9H14N2O/c1-3-8-6-12-5-4-9(8)11-7-10-2/h3,7H,4-6H2,1-2H3/b8-3-,10-7?,11-9?. The minimum absolute atomic E-state index is 0.687. The summed E-state index contributed by atoms with van der Waals surface area (Å²) >= 11 is 0. The first-order valence-electron chi connectivity index (χ1n) is 4.09. The minimum Gasteiger partial charge on any atom is -0.376 e. The summed E-state index contributed by atoms with van der Waals surface area (Å²) in [6, 6.07) is 0. The second kappa shape index (κ2) is 4.83. The Morgan fingerprint density at radius 2 is 2.33 bits per heavy atom. The van der Waals surface area contributed by atoms with E-state index in [1.165, 1.54) is 5.57 Å². The van der Waals surface area contributed by atoms with E-state index in [1.54, 1.807) is 13.4 Å². The molecule has 0 spiro atoms. The van der Waals surface area contributed by atoms with Crippen LogP contribution in [-0.4, -0.2) is 32.3 Å². The summed E-state index contributed by atoms with van der Waals surface area (Å²) in [5, 5.41) is 0. The first-order chi connectivity index (χ1) is 5.88. The van der Waals surface area contributed by atoms with Gasteiger partial charge in [0.25, 0.3) is 0 Å². The monoisotopic (exact) mass is 166 g/mol. The van der Waals surface area contributed by atoms with Crippen molar-refractivity contribution in [2.24, 2.45) is 9.98 Å². The van der Waals surface area contributed by atoms with Crippen molar-refractivity contribution in [3.63, 3.8) is 0 Å². The van der Waals surface area contributed by atoms with Crippen molar-refractivity contribution in [2.75, 3.05) is 20.3 Å². The van der Waals surface area contributed by atoms with Gasteiger partial charge < -0.3 is 4.74 Å². The van der Waals surface area contributed by atoms with Crippen LogP contribution in [0.15, 0.2) is 21.6 Å². The number of aliphatic imine (C=N–C) groups is 2. The third-order valence-corrected chi connectivity index (χ3v) is 1.79. The highest BCUT2D eigenvalue weighted by molar-refractivity contribution is 6.04. The number of ether oxygens (including phenoxy) is 1. The zero-order valence-electron chi connectivity index (χ0n) is 7.58. The van der Waals surface area contributed by atoms with E-state index in [9.17, 15) is 0 Å². The lowest BCUT2D eigenvalue weighted by molar-refractivity contribution is 0.157. The smallest absolute Gasteiger partial charge is 0.109 e. The van der Waals surface area contributed by atoms with Gasteiger partial charge in [-0.25, -0.2) is 4.99 Å². The highest BCUT2D eigenvalue weighted by Gasteiger charge is 2.11. The minimum atomic E-state index is 0.687. The van der Waals surface area contributed by atoms with E-state index in [2.05, 4.69) is 9.98 Å². The van der Waals surface area contributed by atoms with Crippen LogP contribution in [0, 0.1) is 0 Å². The van der Waals surface area contributed by atoms with Crippen molar-refractivity contribution in [1.29, 1.82) is 0 Å². The Balaban J connectivity index is 2.71. The molecule has 66 valence electrons. The molecule has 0 aromatic rings. The van der Waals surface area contributed by atoms with Crippen LogP contribution in [0.2, 0.25) is 0 Å². The average Bonchev–Trinajstić information content (AvgIpc) is 2.15. The molecule has 0 atom stereocenters. The fraction of sp³-hybridized carbons (Fsp3) is 0.556. The predicted molar refractivity (Wildman–Crippen MR) is 51.0 cm³/mol. The van der Waals surface area contributed by atoms with Gasteiger partial charge in [-0.2, -0.15) is 0 Å². The first-order valence-corrected chi connectivity index (χ1v) is 4.09. The zero-order valence-corrected chi connectivity index (χ0v) is 7.58. The van der Waals surface area contributed by atoms with E-state index in [0.717, 1.165) is 18.7 Å². The fourth-order valence-corrected chi connectivity index (χ4v) is 1.12. The van der Waals surface area contributed by atoms with Crippen molar-refractivity contribution in [1.82, 2.24) is 0 Å². The number of rotatable bonds is 1. The van der Waals surface area contributed by atoms with Gasteiger partial charge in [-0.3, -0.25) is 4.99 Å². The van der Waals surface area contributed by atoms with Crippen molar-refractivity contribution in [3.05, 3.63) is 11.6 Å². The number of hydrogen-bond acceptors (Lipinski definition) is 2. The lowest BCUT2D eigenvalue weighted by Crippen LogP contribution is -2.18. The molecule has 0 unspecified atom stereocenters. The summed E-state index contributed by atoms with van der Waals surface area (Å²) in [6.07, 6.45) is 4.53. The molecule has 1 fully saturated rings. The van der Waals surface area contributed by atoms with Crippen LogP contribution in [0.5, 0.6) is 0 Å². The number of nitrogens with zero attached hydrogens (tertiary/aromatic N) is 2. The molecule has 0 aromatic carbocycles. The quantitative estimate of drug-likeness (QED) is 0.429. The molecule has 0 radical (unpaired) electrons. The predicted octanol–water partition coefficient (Wildman–Crippen LogP) is 1.45. The molecule has 0 N–H and O–H groups in total. The average molecular weight is 166 g/mol. The summed E-state index contributed by atoms with van der Waals surface area (Å²) in [6.45, 7) is 3.46. The summed E-state index contributed by atoms with van der Waals surface area (Å²) in [5.41, 5.74) is 2.29. The SMILES string of the molecule is C/C=C1/COCCC1=NC=NC. The molecular formula is C9H14N2O. The van der Waals surface area contributed by atoms with Gasteiger partial charge in [0, 0.05) is 19.2 Å². The normalized spacial score (nSPS) is 25.8. The van der Waals surface area contributed by atoms with E-state index in [4.69, 9.17) is 4.74 Å². The van der Waals surface area contributed by atoms with Crippen LogP contribution in [0.3, 0.4) is 0 Å². The molecule has 1 aliphatic rings. The van der Waals surface area contributed by atoms with Gasteiger partial charge in [-0.15, -0.1) is 0 Å². The molecule has 0 bridgehead atoms. The van der Waals surface area contributed by atoms with Crippen LogP contribution >= 0.6 is 0 Å². The molecule has 12 heavy (non-hydrogen) atoms. The Kier molecular flexibility index (Phi) is 3.67. The number of hydrogen-bond donors (Lipinski definition) is 0. The van der Waals surface area contributed by atoms with Crippen LogP contribution in [0.25, 0.3) is 0 Å². The molecule has 1 rings (SSSR count). The van der Waals surface area contributed by atoms with Crippen LogP contribution in [-0.2, 0) is 4.74 Å².